The van der Waals surface area contributed by atoms with Gasteiger partial charge in [0.2, 0.25) is 0 Å². The highest BCUT2D eigenvalue weighted by Crippen LogP contribution is 2.42. The molecule has 4 rings (SSSR count). The summed E-state index contributed by atoms with van der Waals surface area (Å²) in [6, 6.07) is 18.5. The molecule has 0 unspecified atom stereocenters. The van der Waals surface area contributed by atoms with Crippen LogP contribution in [-0.4, -0.2) is 60.3 Å². The molecule has 2 heterocycles. The van der Waals surface area contributed by atoms with Gasteiger partial charge in [0.1, 0.15) is 0 Å². The normalized spacial score (nSPS) is 27.3. The maximum atomic E-state index is 9.99. The zero-order chi connectivity index (χ0) is 18.1. The number of aryl methyl sites for hydroxylation is 1. The molecule has 1 N–H and O–H groups in total. The van der Waals surface area contributed by atoms with Crippen molar-refractivity contribution in [2.45, 2.75) is 37.8 Å². The number of hydrogen-bond donors (Lipinski definition) is 1. The van der Waals surface area contributed by atoms with E-state index in [4.69, 9.17) is 0 Å². The fourth-order valence-electron chi connectivity index (χ4n) is 4.76. The summed E-state index contributed by atoms with van der Waals surface area (Å²) in [6.07, 6.45) is 2.49. The second-order valence-corrected chi connectivity index (χ2v) is 8.04. The van der Waals surface area contributed by atoms with E-state index in [1.807, 2.05) is 0 Å². The summed E-state index contributed by atoms with van der Waals surface area (Å²) < 4.78 is 0. The lowest BCUT2D eigenvalue weighted by Gasteiger charge is -2.57. The minimum Gasteiger partial charge on any atom is -0.395 e. The molecule has 0 saturated carbocycles. The van der Waals surface area contributed by atoms with E-state index in [9.17, 15) is 5.11 Å². The molecule has 3 atom stereocenters. The third-order valence-electron chi connectivity index (χ3n) is 6.25. The summed E-state index contributed by atoms with van der Waals surface area (Å²) in [5, 5.41) is 9.99. The van der Waals surface area contributed by atoms with Crippen LogP contribution in [0.15, 0.2) is 48.5 Å². The summed E-state index contributed by atoms with van der Waals surface area (Å²) in [5.41, 5.74) is 5.19. The highest BCUT2D eigenvalue weighted by Gasteiger charge is 2.48. The van der Waals surface area contributed by atoms with E-state index in [0.717, 1.165) is 13.1 Å². The molecule has 2 saturated heterocycles. The number of aliphatic hydroxyl groups excluding tert-OH is 1. The lowest BCUT2D eigenvalue weighted by molar-refractivity contribution is -0.0614. The van der Waals surface area contributed by atoms with Gasteiger partial charge in [0.15, 0.2) is 0 Å². The van der Waals surface area contributed by atoms with Crippen LogP contribution in [0.4, 0.5) is 0 Å². The summed E-state index contributed by atoms with van der Waals surface area (Å²) in [5.74, 6) is 0.438. The van der Waals surface area contributed by atoms with Crippen LogP contribution >= 0.6 is 0 Å². The van der Waals surface area contributed by atoms with Crippen molar-refractivity contribution in [3.8, 4) is 11.1 Å². The predicted octanol–water partition coefficient (Wildman–Crippen LogP) is 3.52. The minimum absolute atomic E-state index is 0.255. The lowest BCUT2D eigenvalue weighted by Crippen LogP contribution is -2.67. The Kier molecular flexibility index (Phi) is 5.12. The second kappa shape index (κ2) is 7.51. The van der Waals surface area contributed by atoms with E-state index < -0.39 is 0 Å². The van der Waals surface area contributed by atoms with E-state index >= 15 is 0 Å². The molecule has 0 amide bonds. The van der Waals surface area contributed by atoms with Gasteiger partial charge in [-0.2, -0.15) is 0 Å². The number of hydrogen-bond acceptors (Lipinski definition) is 3. The van der Waals surface area contributed by atoms with Crippen molar-refractivity contribution in [3.63, 3.8) is 0 Å². The molecule has 0 radical (unpaired) electrons. The van der Waals surface area contributed by atoms with Crippen molar-refractivity contribution < 1.29 is 5.11 Å². The molecule has 138 valence electrons. The lowest BCUT2D eigenvalue weighted by atomic mass is 9.74. The first-order valence-corrected chi connectivity index (χ1v) is 9.89. The van der Waals surface area contributed by atoms with Gasteiger partial charge in [-0.3, -0.25) is 4.90 Å². The fourth-order valence-corrected chi connectivity index (χ4v) is 4.76. The Morgan fingerprint density at radius 3 is 2.19 bits per heavy atom. The molecule has 26 heavy (non-hydrogen) atoms. The first-order valence-electron chi connectivity index (χ1n) is 9.89. The minimum atomic E-state index is 0.255. The molecule has 2 aromatic rings. The Balaban J connectivity index is 1.56. The van der Waals surface area contributed by atoms with Crippen molar-refractivity contribution in [2.75, 3.05) is 33.3 Å². The second-order valence-electron chi connectivity index (χ2n) is 8.04. The fraction of sp³-hybridized carbons (Fsp3) is 0.478. The molecule has 0 spiro atoms. The zero-order valence-electron chi connectivity index (χ0n) is 15.9. The highest BCUT2D eigenvalue weighted by molar-refractivity contribution is 5.64. The summed E-state index contributed by atoms with van der Waals surface area (Å²) in [7, 11) is 2.23. The van der Waals surface area contributed by atoms with Gasteiger partial charge in [-0.05, 0) is 56.6 Å². The van der Waals surface area contributed by atoms with Crippen molar-refractivity contribution in [1.82, 2.24) is 9.80 Å². The van der Waals surface area contributed by atoms with Gasteiger partial charge in [-0.15, -0.1) is 0 Å². The van der Waals surface area contributed by atoms with Gasteiger partial charge in [0.25, 0.3) is 0 Å². The van der Waals surface area contributed by atoms with Crippen LogP contribution < -0.4 is 0 Å². The van der Waals surface area contributed by atoms with Crippen LogP contribution in [0.1, 0.15) is 29.9 Å². The van der Waals surface area contributed by atoms with E-state index in [0.29, 0.717) is 12.0 Å². The number of likely N-dealkylation sites (N-methyl/N-ethyl adjacent to an activating group) is 1. The number of rotatable bonds is 3. The molecular formula is C23H30N2O. The molecular weight excluding hydrogens is 320 g/mol. The Morgan fingerprint density at radius 2 is 1.54 bits per heavy atom. The molecule has 0 bridgehead atoms. The van der Waals surface area contributed by atoms with Crippen LogP contribution in [0, 0.1) is 6.92 Å². The van der Waals surface area contributed by atoms with Crippen LogP contribution in [0.2, 0.25) is 0 Å². The smallest absolute Gasteiger partial charge is 0.0593 e. The summed E-state index contributed by atoms with van der Waals surface area (Å²) in [6.45, 7) is 5.79. The Bertz CT molecular complexity index is 725. The van der Waals surface area contributed by atoms with Gasteiger partial charge in [0.05, 0.1) is 6.61 Å². The van der Waals surface area contributed by atoms with Crippen LogP contribution in [-0.2, 0) is 0 Å². The Morgan fingerprint density at radius 1 is 0.923 bits per heavy atom. The van der Waals surface area contributed by atoms with Crippen molar-refractivity contribution >= 4 is 0 Å². The van der Waals surface area contributed by atoms with Crippen LogP contribution in [0.5, 0.6) is 0 Å². The molecule has 2 aliphatic rings. The van der Waals surface area contributed by atoms with Gasteiger partial charge in [0, 0.05) is 24.5 Å². The topological polar surface area (TPSA) is 26.7 Å². The molecule has 3 heteroatoms. The zero-order valence-corrected chi connectivity index (χ0v) is 15.9. The average Bonchev–Trinajstić information content (AvgIpc) is 2.64. The van der Waals surface area contributed by atoms with Gasteiger partial charge in [-0.1, -0.05) is 54.1 Å². The Hall–Kier alpha value is -1.68. The average molecular weight is 351 g/mol. The first kappa shape index (κ1) is 17.7. The quantitative estimate of drug-likeness (QED) is 0.918. The number of fused-ring (bicyclic) bond motifs is 1. The molecule has 2 fully saturated rings. The summed E-state index contributed by atoms with van der Waals surface area (Å²) >= 11 is 0. The van der Waals surface area contributed by atoms with Crippen molar-refractivity contribution in [3.05, 3.63) is 59.7 Å². The Labute approximate surface area is 157 Å². The van der Waals surface area contributed by atoms with Gasteiger partial charge in [-0.25, -0.2) is 0 Å². The summed E-state index contributed by atoms with van der Waals surface area (Å²) in [4.78, 5) is 4.99. The third kappa shape index (κ3) is 3.32. The maximum absolute atomic E-state index is 9.99. The number of nitrogens with zero attached hydrogens (tertiary/aromatic N) is 2. The number of aliphatic hydroxyl groups is 1. The third-order valence-corrected chi connectivity index (χ3v) is 6.25. The van der Waals surface area contributed by atoms with E-state index in [1.54, 1.807) is 0 Å². The van der Waals surface area contributed by atoms with Crippen molar-refractivity contribution in [1.29, 1.82) is 0 Å². The van der Waals surface area contributed by atoms with Gasteiger partial charge >= 0.3 is 0 Å². The maximum Gasteiger partial charge on any atom is 0.0593 e. The standard InChI is InChI=1S/C23H30N2O/c1-17-5-7-18(8-6-17)19-9-11-20(12-10-19)23-21-15-24(2)13-3-4-14-25(21)22(23)16-26/h5-12,21-23,26H,3-4,13-16H2,1-2H3/t21-,22+,23+/m1/s1. The number of benzene rings is 2. The monoisotopic (exact) mass is 350 g/mol. The molecule has 3 nitrogen and oxygen atoms in total. The molecule has 0 aliphatic carbocycles. The van der Waals surface area contributed by atoms with E-state index in [-0.39, 0.29) is 12.6 Å². The largest absolute Gasteiger partial charge is 0.395 e. The molecule has 0 aromatic heterocycles. The SMILES string of the molecule is Cc1ccc(-c2ccc([C@H]3[C@H]4CN(C)CCCCN4[C@H]3CO)cc2)cc1. The van der Waals surface area contributed by atoms with Gasteiger partial charge < -0.3 is 10.0 Å². The highest BCUT2D eigenvalue weighted by atomic mass is 16.3. The first-order chi connectivity index (χ1) is 12.7. The predicted molar refractivity (Wildman–Crippen MR) is 107 cm³/mol. The van der Waals surface area contributed by atoms with E-state index in [2.05, 4.69) is 72.3 Å². The van der Waals surface area contributed by atoms with E-state index in [1.165, 1.54) is 41.6 Å². The van der Waals surface area contributed by atoms with Crippen LogP contribution in [0.3, 0.4) is 0 Å². The molecule has 2 aliphatic heterocycles. The van der Waals surface area contributed by atoms with Crippen molar-refractivity contribution in [2.24, 2.45) is 0 Å². The van der Waals surface area contributed by atoms with Crippen LogP contribution in [0.25, 0.3) is 11.1 Å². The molecule has 2 aromatic carbocycles.